The van der Waals surface area contributed by atoms with Crippen molar-refractivity contribution >= 4 is 23.3 Å². The summed E-state index contributed by atoms with van der Waals surface area (Å²) in [6, 6.07) is 16.9. The van der Waals surface area contributed by atoms with Crippen molar-refractivity contribution in [1.82, 2.24) is 0 Å². The molecule has 0 radical (unpaired) electrons. The monoisotopic (exact) mass is 497 g/mol. The Labute approximate surface area is 202 Å². The first-order valence-corrected chi connectivity index (χ1v) is 10.5. The minimum Gasteiger partial charge on any atom is -0.480 e. The molecule has 4 rings (SSSR count). The summed E-state index contributed by atoms with van der Waals surface area (Å²) in [6.45, 7) is -0.281. The number of benzene rings is 3. The topological polar surface area (TPSA) is 137 Å². The Morgan fingerprint density at radius 2 is 1.72 bits per heavy atom. The molecule has 36 heavy (non-hydrogen) atoms. The van der Waals surface area contributed by atoms with Crippen LogP contribution in [0.15, 0.2) is 66.7 Å². The minimum absolute atomic E-state index is 0.0216. The first-order valence-electron chi connectivity index (χ1n) is 10.5. The second-order valence-electron chi connectivity index (χ2n) is 8.10. The predicted octanol–water partition coefficient (Wildman–Crippen LogP) is 3.69. The average molecular weight is 497 g/mol. The molecule has 0 saturated carbocycles. The van der Waals surface area contributed by atoms with Crippen LogP contribution in [0.25, 0.3) is 0 Å². The van der Waals surface area contributed by atoms with Crippen molar-refractivity contribution < 1.29 is 37.7 Å². The van der Waals surface area contributed by atoms with Gasteiger partial charge >= 0.3 is 12.1 Å². The third-order valence-electron chi connectivity index (χ3n) is 6.00. The highest BCUT2D eigenvalue weighted by Gasteiger charge is 2.56. The first-order chi connectivity index (χ1) is 17.0. The Hall–Kier alpha value is -4.56. The van der Waals surface area contributed by atoms with Crippen molar-refractivity contribution in [3.05, 3.63) is 83.4 Å². The summed E-state index contributed by atoms with van der Waals surface area (Å²) in [5.41, 5.74) is 2.79. The highest BCUT2D eigenvalue weighted by Crippen LogP contribution is 2.47. The number of aliphatic hydroxyl groups excluding tert-OH is 1. The quantitative estimate of drug-likeness (QED) is 0.472. The molecule has 0 bridgehead atoms. The maximum atomic E-state index is 13.0. The maximum absolute atomic E-state index is 13.0. The number of primary amides is 1. The average Bonchev–Trinajstić information content (AvgIpc) is 3.20. The number of nitrogens with two attached hydrogens (primary N) is 1. The number of nitrogens with zero attached hydrogens (tertiary/aromatic N) is 2. The Morgan fingerprint density at radius 3 is 2.31 bits per heavy atom. The molecule has 184 valence electrons. The van der Waals surface area contributed by atoms with Gasteiger partial charge in [0, 0.05) is 17.9 Å². The summed E-state index contributed by atoms with van der Waals surface area (Å²) in [5, 5.41) is 29.6. The lowest BCUT2D eigenvalue weighted by Gasteiger charge is -2.29. The molecule has 8 nitrogen and oxygen atoms in total. The van der Waals surface area contributed by atoms with E-state index in [-0.39, 0.29) is 23.6 Å². The van der Waals surface area contributed by atoms with Gasteiger partial charge in [-0.25, -0.2) is 0 Å². The van der Waals surface area contributed by atoms with Gasteiger partial charge in [-0.2, -0.15) is 18.4 Å². The van der Waals surface area contributed by atoms with Crippen LogP contribution < -0.4 is 15.4 Å². The number of para-hydroxylation sites is 1. The van der Waals surface area contributed by atoms with E-state index >= 15 is 0 Å². The van der Waals surface area contributed by atoms with Gasteiger partial charge < -0.3 is 25.6 Å². The molecular weight excluding hydrogens is 479 g/mol. The number of hydrogen-bond donors (Lipinski definition) is 3. The van der Waals surface area contributed by atoms with Crippen LogP contribution in [-0.2, 0) is 21.2 Å². The number of halogens is 3. The van der Waals surface area contributed by atoms with Crippen molar-refractivity contribution in [2.75, 3.05) is 11.4 Å². The van der Waals surface area contributed by atoms with Gasteiger partial charge in [0.05, 0.1) is 17.2 Å². The molecule has 0 fully saturated rings. The second-order valence-corrected chi connectivity index (χ2v) is 8.10. The molecule has 2 atom stereocenters. The zero-order valence-electron chi connectivity index (χ0n) is 18.4. The van der Waals surface area contributed by atoms with Crippen LogP contribution in [0.2, 0.25) is 0 Å². The van der Waals surface area contributed by atoms with Crippen molar-refractivity contribution in [2.45, 2.75) is 17.7 Å². The Morgan fingerprint density at radius 1 is 1.08 bits per heavy atom. The lowest BCUT2D eigenvalue weighted by Crippen LogP contribution is -2.54. The Bertz CT molecular complexity index is 1380. The number of hydrogen-bond acceptors (Lipinski definition) is 6. The maximum Gasteiger partial charge on any atom is 0.417 e. The van der Waals surface area contributed by atoms with Crippen LogP contribution in [0.3, 0.4) is 0 Å². The summed E-state index contributed by atoms with van der Waals surface area (Å²) in [6.07, 6.45) is -6.66. The summed E-state index contributed by atoms with van der Waals surface area (Å²) < 4.78 is 44.6. The van der Waals surface area contributed by atoms with Crippen molar-refractivity contribution in [3.8, 4) is 17.6 Å². The van der Waals surface area contributed by atoms with Gasteiger partial charge in [-0.1, -0.05) is 18.2 Å². The van der Waals surface area contributed by atoms with Crippen LogP contribution in [0.4, 0.5) is 24.5 Å². The van der Waals surface area contributed by atoms with Gasteiger partial charge in [-0.15, -0.1) is 0 Å². The van der Waals surface area contributed by atoms with Crippen LogP contribution in [0, 0.1) is 11.3 Å². The fourth-order valence-electron chi connectivity index (χ4n) is 4.27. The van der Waals surface area contributed by atoms with Crippen LogP contribution in [0.1, 0.15) is 16.7 Å². The number of carboxylic acids is 1. The normalized spacial score (nSPS) is 17.7. The molecule has 0 saturated heterocycles. The lowest BCUT2D eigenvalue weighted by atomic mass is 9.77. The number of amides is 1. The van der Waals surface area contributed by atoms with E-state index in [2.05, 4.69) is 0 Å². The number of aliphatic carboxylic acids is 1. The molecule has 1 amide bonds. The smallest absolute Gasteiger partial charge is 0.417 e. The van der Waals surface area contributed by atoms with Crippen LogP contribution in [-0.4, -0.2) is 34.7 Å². The summed E-state index contributed by atoms with van der Waals surface area (Å²) in [7, 11) is 0. The Balaban J connectivity index is 1.64. The summed E-state index contributed by atoms with van der Waals surface area (Å²) in [5.74, 6) is -2.32. The fourth-order valence-corrected chi connectivity index (χ4v) is 4.27. The number of alkyl halides is 3. The molecule has 0 aliphatic carbocycles. The van der Waals surface area contributed by atoms with E-state index in [9.17, 15) is 33.0 Å². The van der Waals surface area contributed by atoms with E-state index in [1.54, 1.807) is 35.2 Å². The SMILES string of the molecule is N#Cc1cc(Oc2ccc(N3CC(C(=O)O)(C(O)C(N)=O)c4ccccc43)cc2)ccc1C(F)(F)F. The Kier molecular flexibility index (Phi) is 6.07. The number of anilines is 2. The number of rotatable bonds is 6. The van der Waals surface area contributed by atoms with Gasteiger partial charge in [-0.05, 0) is 54.1 Å². The van der Waals surface area contributed by atoms with Gasteiger partial charge in [-0.3, -0.25) is 9.59 Å². The number of carbonyl (C=O) groups excluding carboxylic acids is 1. The van der Waals surface area contributed by atoms with Crippen molar-refractivity contribution in [3.63, 3.8) is 0 Å². The second kappa shape index (κ2) is 8.90. The molecule has 0 aromatic heterocycles. The molecular formula is C25H18F3N3O5. The first kappa shape index (κ1) is 24.6. The molecule has 2 unspecified atom stereocenters. The molecule has 1 aliphatic rings. The number of carboxylic acid groups (broad SMARTS) is 1. The van der Waals surface area contributed by atoms with Gasteiger partial charge in [0.1, 0.15) is 16.9 Å². The molecule has 1 heterocycles. The molecule has 11 heteroatoms. The number of carbonyl (C=O) groups is 2. The molecule has 3 aromatic rings. The van der Waals surface area contributed by atoms with Crippen molar-refractivity contribution in [2.24, 2.45) is 5.73 Å². The third-order valence-corrected chi connectivity index (χ3v) is 6.00. The largest absolute Gasteiger partial charge is 0.480 e. The zero-order valence-corrected chi connectivity index (χ0v) is 18.4. The molecule has 1 aliphatic heterocycles. The van der Waals surface area contributed by atoms with E-state index in [1.807, 2.05) is 0 Å². The van der Waals surface area contributed by atoms with Crippen LogP contribution in [0.5, 0.6) is 11.5 Å². The van der Waals surface area contributed by atoms with Gasteiger partial charge in [0.2, 0.25) is 5.91 Å². The highest BCUT2D eigenvalue weighted by molar-refractivity contribution is 5.97. The van der Waals surface area contributed by atoms with Crippen LogP contribution >= 0.6 is 0 Å². The minimum atomic E-state index is -4.68. The number of nitriles is 1. The van der Waals surface area contributed by atoms with Gasteiger partial charge in [0.25, 0.3) is 0 Å². The summed E-state index contributed by atoms with van der Waals surface area (Å²) >= 11 is 0. The highest BCUT2D eigenvalue weighted by atomic mass is 19.4. The number of aliphatic hydroxyl groups is 1. The molecule has 4 N–H and O–H groups in total. The van der Waals surface area contributed by atoms with E-state index in [4.69, 9.17) is 15.7 Å². The van der Waals surface area contributed by atoms with E-state index in [0.717, 1.165) is 18.2 Å². The molecule has 3 aromatic carbocycles. The van der Waals surface area contributed by atoms with Crippen molar-refractivity contribution in [1.29, 1.82) is 5.26 Å². The standard InChI is InChI=1S/C25H18F3N3O5/c26-25(27,28)18-10-9-17(11-14(18)12-29)36-16-7-5-15(6-8-16)31-13-24(23(34)35,21(32)22(30)33)19-3-1-2-4-20(19)31/h1-11,21,32H,13H2,(H2,30,33)(H,34,35). The van der Waals surface area contributed by atoms with E-state index < -0.39 is 40.7 Å². The van der Waals surface area contributed by atoms with E-state index in [0.29, 0.717) is 11.4 Å². The molecule has 0 spiro atoms. The fraction of sp³-hybridized carbons (Fsp3) is 0.160. The number of fused-ring (bicyclic) bond motifs is 1. The lowest BCUT2D eigenvalue weighted by molar-refractivity contribution is -0.152. The predicted molar refractivity (Wildman–Crippen MR) is 121 cm³/mol. The summed E-state index contributed by atoms with van der Waals surface area (Å²) in [4.78, 5) is 25.7. The van der Waals surface area contributed by atoms with E-state index in [1.165, 1.54) is 24.3 Å². The third kappa shape index (κ3) is 4.08. The zero-order chi connectivity index (χ0) is 26.3. The van der Waals surface area contributed by atoms with Gasteiger partial charge in [0.15, 0.2) is 6.10 Å². The number of ether oxygens (including phenoxy) is 1.